The van der Waals surface area contributed by atoms with E-state index >= 15 is 0 Å². The molecule has 0 saturated heterocycles. The maximum atomic E-state index is 13.3. The van der Waals surface area contributed by atoms with Gasteiger partial charge in [0, 0.05) is 17.3 Å². The summed E-state index contributed by atoms with van der Waals surface area (Å²) in [5, 5.41) is 17.2. The van der Waals surface area contributed by atoms with Gasteiger partial charge in [0.2, 0.25) is 0 Å². The van der Waals surface area contributed by atoms with Crippen molar-refractivity contribution in [2.75, 3.05) is 6.61 Å². The van der Waals surface area contributed by atoms with Crippen LogP contribution in [0.4, 0.5) is 0 Å². The summed E-state index contributed by atoms with van der Waals surface area (Å²) in [6, 6.07) is 0. The van der Waals surface area contributed by atoms with Gasteiger partial charge >= 0.3 is 11.9 Å². The van der Waals surface area contributed by atoms with Crippen LogP contribution in [0.2, 0.25) is 0 Å². The van der Waals surface area contributed by atoms with Crippen molar-refractivity contribution in [2.45, 2.75) is 85.9 Å². The maximum absolute atomic E-state index is 13.3. The lowest BCUT2D eigenvalue weighted by Gasteiger charge is -2.39. The van der Waals surface area contributed by atoms with Crippen LogP contribution >= 0.6 is 0 Å². The van der Waals surface area contributed by atoms with Crippen molar-refractivity contribution in [1.29, 1.82) is 0 Å². The van der Waals surface area contributed by atoms with Crippen LogP contribution in [0.1, 0.15) is 69.2 Å². The largest absolute Gasteiger partial charge is 0.463 e. The van der Waals surface area contributed by atoms with Gasteiger partial charge in [0.05, 0.1) is 28.8 Å². The monoisotopic (exact) mass is 419 g/mol. The third-order valence-corrected chi connectivity index (χ3v) is 5.43. The van der Waals surface area contributed by atoms with Crippen molar-refractivity contribution in [2.24, 2.45) is 5.92 Å². The summed E-state index contributed by atoms with van der Waals surface area (Å²) in [6.07, 6.45) is 1.86. The molecule has 2 rings (SSSR count). The zero-order chi connectivity index (χ0) is 23.2. The van der Waals surface area contributed by atoms with Gasteiger partial charge in [0.25, 0.3) is 0 Å². The van der Waals surface area contributed by atoms with Gasteiger partial charge < -0.3 is 14.8 Å². The van der Waals surface area contributed by atoms with Crippen LogP contribution in [0.25, 0.3) is 0 Å². The molecule has 0 bridgehead atoms. The maximum Gasteiger partial charge on any atom is 0.337 e. The van der Waals surface area contributed by atoms with E-state index in [0.29, 0.717) is 28.1 Å². The summed E-state index contributed by atoms with van der Waals surface area (Å²) in [5.41, 5.74) is 0.102. The molecule has 167 valence electrons. The van der Waals surface area contributed by atoms with Crippen LogP contribution in [0.3, 0.4) is 0 Å². The van der Waals surface area contributed by atoms with Crippen molar-refractivity contribution in [3.8, 4) is 0 Å². The minimum absolute atomic E-state index is 0.203. The molecule has 0 aromatic rings. The molecule has 1 N–H and O–H groups in total. The number of hydrogen-bond acceptors (Lipinski definition) is 6. The Morgan fingerprint density at radius 2 is 1.57 bits per heavy atom. The molecule has 1 unspecified atom stereocenters. The number of dihydropyridines is 1. The quantitative estimate of drug-likeness (QED) is 0.551. The van der Waals surface area contributed by atoms with Gasteiger partial charge in [-0.05, 0) is 74.8 Å². The second kappa shape index (κ2) is 7.85. The molecule has 0 spiro atoms. The number of hydroxylamine groups is 2. The molecule has 2 heterocycles. The highest BCUT2D eigenvalue weighted by Gasteiger charge is 2.53. The van der Waals surface area contributed by atoms with E-state index in [4.69, 9.17) is 9.47 Å². The molecule has 1 radical (unpaired) electrons. The fraction of sp³-hybridized carbons (Fsp3) is 0.652. The molecule has 2 aliphatic rings. The molecule has 0 amide bonds. The van der Waals surface area contributed by atoms with Gasteiger partial charge in [0.15, 0.2) is 0 Å². The first kappa shape index (κ1) is 24.2. The van der Waals surface area contributed by atoms with Crippen LogP contribution < -0.4 is 5.32 Å². The first-order chi connectivity index (χ1) is 13.5. The first-order valence-electron chi connectivity index (χ1n) is 10.3. The van der Waals surface area contributed by atoms with Crippen LogP contribution in [0.5, 0.6) is 0 Å². The number of esters is 2. The van der Waals surface area contributed by atoms with Crippen molar-refractivity contribution >= 4 is 11.9 Å². The lowest BCUT2D eigenvalue weighted by Crippen LogP contribution is -2.48. The second-order valence-electron chi connectivity index (χ2n) is 9.96. The number of nitrogens with one attached hydrogen (secondary N) is 1. The Kier molecular flexibility index (Phi) is 6.32. The Bertz CT molecular complexity index is 840. The highest BCUT2D eigenvalue weighted by molar-refractivity contribution is 5.99. The summed E-state index contributed by atoms with van der Waals surface area (Å²) >= 11 is 0. The summed E-state index contributed by atoms with van der Waals surface area (Å²) < 4.78 is 11.0. The number of carbonyl (C=O) groups is 2. The van der Waals surface area contributed by atoms with E-state index in [9.17, 15) is 14.8 Å². The highest BCUT2D eigenvalue weighted by Crippen LogP contribution is 2.48. The molecule has 7 heteroatoms. The van der Waals surface area contributed by atoms with E-state index in [1.54, 1.807) is 41.5 Å². The SMILES string of the molecule is CCOC(=O)C1=C(C)NC(C)=C(C(=O)OC(C)(C)C)C1C1=CC(C)(C)N([O])C1(C)C. The summed E-state index contributed by atoms with van der Waals surface area (Å²) in [7, 11) is 0. The van der Waals surface area contributed by atoms with Crippen molar-refractivity contribution in [3.05, 3.63) is 34.2 Å². The molecule has 7 nitrogen and oxygen atoms in total. The number of nitrogens with zero attached hydrogens (tertiary/aromatic N) is 1. The molecular formula is C23H35N2O5. The summed E-state index contributed by atoms with van der Waals surface area (Å²) in [5.74, 6) is -1.78. The van der Waals surface area contributed by atoms with Crippen molar-refractivity contribution in [1.82, 2.24) is 10.4 Å². The van der Waals surface area contributed by atoms with E-state index in [0.717, 1.165) is 5.06 Å². The number of rotatable bonds is 4. The average molecular weight is 420 g/mol. The zero-order valence-electron chi connectivity index (χ0n) is 19.9. The molecule has 0 aromatic carbocycles. The second-order valence-corrected chi connectivity index (χ2v) is 9.96. The Hall–Kier alpha value is -2.12. The minimum Gasteiger partial charge on any atom is -0.463 e. The van der Waals surface area contributed by atoms with E-state index in [2.05, 4.69) is 5.32 Å². The third-order valence-electron chi connectivity index (χ3n) is 5.43. The lowest BCUT2D eigenvalue weighted by molar-refractivity contribution is -0.239. The standard InChI is InChI=1S/C23H35N2O5/c1-11-29-19(26)16-13(2)24-14(3)17(20(27)30-21(4,5)6)18(16)15-12-22(7,8)25(28)23(15,9)10/h12,18,24H,11H2,1-10H3. The summed E-state index contributed by atoms with van der Waals surface area (Å²) in [4.78, 5) is 26.2. The fourth-order valence-electron chi connectivity index (χ4n) is 4.28. The van der Waals surface area contributed by atoms with Gasteiger partial charge in [-0.2, -0.15) is 0 Å². The molecule has 0 saturated carbocycles. The highest BCUT2D eigenvalue weighted by atomic mass is 16.6. The van der Waals surface area contributed by atoms with Gasteiger partial charge in [-0.1, -0.05) is 6.08 Å². The molecule has 2 aliphatic heterocycles. The van der Waals surface area contributed by atoms with Gasteiger partial charge in [-0.3, -0.25) is 0 Å². The Morgan fingerprint density at radius 3 is 1.97 bits per heavy atom. The lowest BCUT2D eigenvalue weighted by atomic mass is 9.74. The van der Waals surface area contributed by atoms with Crippen molar-refractivity contribution in [3.63, 3.8) is 0 Å². The number of allylic oxidation sites excluding steroid dienone is 2. The summed E-state index contributed by atoms with van der Waals surface area (Å²) in [6.45, 7) is 18.1. The molecule has 30 heavy (non-hydrogen) atoms. The van der Waals surface area contributed by atoms with Gasteiger partial charge in [-0.25, -0.2) is 9.59 Å². The molecule has 0 fully saturated rings. The predicted octanol–water partition coefficient (Wildman–Crippen LogP) is 3.80. The van der Waals surface area contributed by atoms with Gasteiger partial charge in [0.1, 0.15) is 5.60 Å². The molecular weight excluding hydrogens is 384 g/mol. The normalized spacial score (nSPS) is 23.8. The van der Waals surface area contributed by atoms with E-state index in [-0.39, 0.29) is 6.61 Å². The number of ether oxygens (including phenoxy) is 2. The van der Waals surface area contributed by atoms with Crippen molar-refractivity contribution < 1.29 is 24.3 Å². The number of carbonyl (C=O) groups excluding carboxylic acids is 2. The fourth-order valence-corrected chi connectivity index (χ4v) is 4.28. The molecule has 0 aliphatic carbocycles. The average Bonchev–Trinajstić information content (AvgIpc) is 2.72. The minimum atomic E-state index is -0.933. The van der Waals surface area contributed by atoms with E-state index < -0.39 is 34.5 Å². The topological polar surface area (TPSA) is 87.8 Å². The molecule has 1 atom stereocenters. The van der Waals surface area contributed by atoms with Crippen LogP contribution in [-0.4, -0.2) is 40.3 Å². The van der Waals surface area contributed by atoms with Crippen LogP contribution in [-0.2, 0) is 24.3 Å². The zero-order valence-corrected chi connectivity index (χ0v) is 19.9. The van der Waals surface area contributed by atoms with E-state index in [1.165, 1.54) is 0 Å². The predicted molar refractivity (Wildman–Crippen MR) is 113 cm³/mol. The Balaban J connectivity index is 2.75. The van der Waals surface area contributed by atoms with Crippen LogP contribution in [0.15, 0.2) is 34.2 Å². The smallest absolute Gasteiger partial charge is 0.337 e. The van der Waals surface area contributed by atoms with Gasteiger partial charge in [-0.15, -0.1) is 10.3 Å². The Labute approximate surface area is 179 Å². The van der Waals surface area contributed by atoms with Crippen LogP contribution in [0, 0.1) is 5.92 Å². The Morgan fingerprint density at radius 1 is 1.07 bits per heavy atom. The molecule has 0 aromatic heterocycles. The first-order valence-corrected chi connectivity index (χ1v) is 10.3. The number of hydrogen-bond donors (Lipinski definition) is 1. The van der Waals surface area contributed by atoms with E-state index in [1.807, 2.05) is 33.8 Å². The third kappa shape index (κ3) is 4.32.